The van der Waals surface area contributed by atoms with Gasteiger partial charge in [-0.3, -0.25) is 4.79 Å². The van der Waals surface area contributed by atoms with Gasteiger partial charge in [0.25, 0.3) is 5.91 Å². The molecule has 0 fully saturated rings. The van der Waals surface area contributed by atoms with E-state index in [4.69, 9.17) is 10.2 Å². The third-order valence-electron chi connectivity index (χ3n) is 2.31. The summed E-state index contributed by atoms with van der Waals surface area (Å²) in [5.74, 6) is -3.29. The van der Waals surface area contributed by atoms with Crippen LogP contribution in [0.4, 0.5) is 8.78 Å². The highest BCUT2D eigenvalue weighted by atomic mass is 19.2. The molecule has 4 nitrogen and oxygen atoms in total. The van der Waals surface area contributed by atoms with Gasteiger partial charge >= 0.3 is 0 Å². The van der Waals surface area contributed by atoms with E-state index in [0.717, 1.165) is 12.1 Å². The molecule has 0 aliphatic rings. The summed E-state index contributed by atoms with van der Waals surface area (Å²) < 4.78 is 26.2. The van der Waals surface area contributed by atoms with E-state index in [2.05, 4.69) is 5.32 Å². The molecule has 0 saturated carbocycles. The average Bonchev–Trinajstić information content (AvgIpc) is 2.32. The molecule has 17 heavy (non-hydrogen) atoms. The SMILES string of the molecule is CC(CO)(CO)NC(=O)c1cccc(F)c1F. The molecular formula is C11H13F2NO3. The Labute approximate surface area is 96.9 Å². The maximum atomic E-state index is 13.3. The van der Waals surface area contributed by atoms with Crippen LogP contribution in [0.15, 0.2) is 18.2 Å². The number of aliphatic hydroxyl groups excluding tert-OH is 2. The smallest absolute Gasteiger partial charge is 0.254 e. The zero-order valence-corrected chi connectivity index (χ0v) is 9.20. The minimum Gasteiger partial charge on any atom is -0.394 e. The van der Waals surface area contributed by atoms with E-state index < -0.39 is 41.9 Å². The Hall–Kier alpha value is -1.53. The van der Waals surface area contributed by atoms with Gasteiger partial charge in [0.15, 0.2) is 11.6 Å². The molecule has 0 radical (unpaired) electrons. The fraction of sp³-hybridized carbons (Fsp3) is 0.364. The number of carbonyl (C=O) groups excluding carboxylic acids is 1. The number of hydrogen-bond acceptors (Lipinski definition) is 3. The predicted molar refractivity (Wildman–Crippen MR) is 56.4 cm³/mol. The van der Waals surface area contributed by atoms with Crippen LogP contribution in [0.25, 0.3) is 0 Å². The van der Waals surface area contributed by atoms with Crippen LogP contribution in [0.5, 0.6) is 0 Å². The minimum absolute atomic E-state index is 0.474. The van der Waals surface area contributed by atoms with Crippen molar-refractivity contribution in [3.8, 4) is 0 Å². The molecule has 1 rings (SSSR count). The minimum atomic E-state index is -1.28. The number of halogens is 2. The van der Waals surface area contributed by atoms with Gasteiger partial charge in [-0.15, -0.1) is 0 Å². The Bertz CT molecular complexity index is 419. The van der Waals surface area contributed by atoms with Gasteiger partial charge < -0.3 is 15.5 Å². The van der Waals surface area contributed by atoms with Gasteiger partial charge in [-0.05, 0) is 19.1 Å². The zero-order valence-electron chi connectivity index (χ0n) is 9.20. The topological polar surface area (TPSA) is 69.6 Å². The first-order chi connectivity index (χ1) is 7.93. The van der Waals surface area contributed by atoms with Gasteiger partial charge in [0.05, 0.1) is 24.3 Å². The molecule has 94 valence electrons. The van der Waals surface area contributed by atoms with Crippen LogP contribution in [-0.2, 0) is 0 Å². The molecule has 1 amide bonds. The zero-order chi connectivity index (χ0) is 13.1. The molecular weight excluding hydrogens is 232 g/mol. The largest absolute Gasteiger partial charge is 0.394 e. The highest BCUT2D eigenvalue weighted by molar-refractivity contribution is 5.95. The van der Waals surface area contributed by atoms with Crippen LogP contribution in [0.3, 0.4) is 0 Å². The number of nitrogens with one attached hydrogen (secondary N) is 1. The normalized spacial score (nSPS) is 11.4. The third kappa shape index (κ3) is 2.98. The summed E-state index contributed by atoms with van der Waals surface area (Å²) in [5, 5.41) is 20.2. The van der Waals surface area contributed by atoms with E-state index in [1.807, 2.05) is 0 Å². The lowest BCUT2D eigenvalue weighted by Gasteiger charge is -2.26. The molecule has 0 atom stereocenters. The second kappa shape index (κ2) is 5.20. The molecule has 0 aliphatic heterocycles. The molecule has 1 aromatic carbocycles. The van der Waals surface area contributed by atoms with Crippen LogP contribution in [0, 0.1) is 11.6 Å². The quantitative estimate of drug-likeness (QED) is 0.720. The number of rotatable bonds is 4. The fourth-order valence-electron chi connectivity index (χ4n) is 1.15. The van der Waals surface area contributed by atoms with E-state index in [0.29, 0.717) is 0 Å². The van der Waals surface area contributed by atoms with Crippen molar-refractivity contribution in [3.05, 3.63) is 35.4 Å². The van der Waals surface area contributed by atoms with Crippen molar-refractivity contribution in [3.63, 3.8) is 0 Å². The van der Waals surface area contributed by atoms with Crippen molar-refractivity contribution in [2.75, 3.05) is 13.2 Å². The predicted octanol–water partition coefficient (Wildman–Crippen LogP) is 0.438. The lowest BCUT2D eigenvalue weighted by molar-refractivity contribution is 0.0719. The van der Waals surface area contributed by atoms with Gasteiger partial charge in [0.1, 0.15) is 0 Å². The average molecular weight is 245 g/mol. The van der Waals surface area contributed by atoms with E-state index >= 15 is 0 Å². The first-order valence-electron chi connectivity index (χ1n) is 4.92. The van der Waals surface area contributed by atoms with E-state index in [1.165, 1.54) is 13.0 Å². The number of carbonyl (C=O) groups is 1. The lowest BCUT2D eigenvalue weighted by atomic mass is 10.0. The van der Waals surface area contributed by atoms with Gasteiger partial charge in [0.2, 0.25) is 0 Å². The van der Waals surface area contributed by atoms with Crippen molar-refractivity contribution in [1.29, 1.82) is 0 Å². The molecule has 6 heteroatoms. The second-order valence-electron chi connectivity index (χ2n) is 3.93. The van der Waals surface area contributed by atoms with Crippen LogP contribution < -0.4 is 5.32 Å². The van der Waals surface area contributed by atoms with Gasteiger partial charge in [-0.25, -0.2) is 8.78 Å². The summed E-state index contributed by atoms with van der Waals surface area (Å²) in [6.07, 6.45) is 0. The highest BCUT2D eigenvalue weighted by Crippen LogP contribution is 2.12. The highest BCUT2D eigenvalue weighted by Gasteiger charge is 2.26. The second-order valence-corrected chi connectivity index (χ2v) is 3.93. The third-order valence-corrected chi connectivity index (χ3v) is 2.31. The fourth-order valence-corrected chi connectivity index (χ4v) is 1.15. The molecule has 0 spiro atoms. The van der Waals surface area contributed by atoms with Crippen LogP contribution in [-0.4, -0.2) is 34.9 Å². The summed E-state index contributed by atoms with van der Waals surface area (Å²) in [5.41, 5.74) is -1.76. The number of benzene rings is 1. The number of aliphatic hydroxyl groups is 2. The first kappa shape index (κ1) is 13.5. The molecule has 3 N–H and O–H groups in total. The molecule has 0 bridgehead atoms. The van der Waals surface area contributed by atoms with Crippen LogP contribution >= 0.6 is 0 Å². The number of hydrogen-bond donors (Lipinski definition) is 3. The Morgan fingerprint density at radius 3 is 2.47 bits per heavy atom. The standard InChI is InChI=1S/C11H13F2NO3/c1-11(5-15,6-16)14-10(17)7-3-2-4-8(12)9(7)13/h2-4,15-16H,5-6H2,1H3,(H,14,17). The summed E-state index contributed by atoms with van der Waals surface area (Å²) in [6, 6.07) is 3.20. The van der Waals surface area contributed by atoms with E-state index in [9.17, 15) is 13.6 Å². The van der Waals surface area contributed by atoms with E-state index in [-0.39, 0.29) is 0 Å². The summed E-state index contributed by atoms with van der Waals surface area (Å²) >= 11 is 0. The van der Waals surface area contributed by atoms with E-state index in [1.54, 1.807) is 0 Å². The molecule has 1 aromatic rings. The summed E-state index contributed by atoms with van der Waals surface area (Å²) in [6.45, 7) is 0.334. The van der Waals surface area contributed by atoms with Crippen molar-refractivity contribution >= 4 is 5.91 Å². The number of amides is 1. The molecule has 0 heterocycles. The van der Waals surface area contributed by atoms with Crippen LogP contribution in [0.1, 0.15) is 17.3 Å². The Morgan fingerprint density at radius 1 is 1.35 bits per heavy atom. The molecule has 0 aliphatic carbocycles. The molecule has 0 saturated heterocycles. The van der Waals surface area contributed by atoms with Gasteiger partial charge in [-0.1, -0.05) is 6.07 Å². The monoisotopic (exact) mass is 245 g/mol. The Kier molecular flexibility index (Phi) is 4.14. The molecule has 0 unspecified atom stereocenters. The maximum Gasteiger partial charge on any atom is 0.254 e. The van der Waals surface area contributed by atoms with Crippen LogP contribution in [0.2, 0.25) is 0 Å². The molecule has 0 aromatic heterocycles. The lowest BCUT2D eigenvalue weighted by Crippen LogP contribution is -2.51. The van der Waals surface area contributed by atoms with Crippen molar-refractivity contribution in [1.82, 2.24) is 5.32 Å². The summed E-state index contributed by atoms with van der Waals surface area (Å²) in [4.78, 5) is 11.6. The van der Waals surface area contributed by atoms with Crippen molar-refractivity contribution in [2.45, 2.75) is 12.5 Å². The summed E-state index contributed by atoms with van der Waals surface area (Å²) in [7, 11) is 0. The first-order valence-corrected chi connectivity index (χ1v) is 4.92. The van der Waals surface area contributed by atoms with Gasteiger partial charge in [-0.2, -0.15) is 0 Å². The van der Waals surface area contributed by atoms with Crippen molar-refractivity contribution in [2.24, 2.45) is 0 Å². The Morgan fingerprint density at radius 2 is 1.94 bits per heavy atom. The van der Waals surface area contributed by atoms with Crippen molar-refractivity contribution < 1.29 is 23.8 Å². The Balaban J connectivity index is 2.94. The maximum absolute atomic E-state index is 13.3. The van der Waals surface area contributed by atoms with Gasteiger partial charge in [0, 0.05) is 0 Å².